The van der Waals surface area contributed by atoms with Crippen molar-refractivity contribution >= 4 is 23.3 Å². The predicted octanol–water partition coefficient (Wildman–Crippen LogP) is 3.71. The first kappa shape index (κ1) is 19.7. The summed E-state index contributed by atoms with van der Waals surface area (Å²) in [7, 11) is 0. The Kier molecular flexibility index (Phi) is 7.23. The fourth-order valence-corrected chi connectivity index (χ4v) is 2.55. The van der Waals surface area contributed by atoms with E-state index in [1.165, 1.54) is 6.92 Å². The number of halogens is 1. The van der Waals surface area contributed by atoms with E-state index in [0.717, 1.165) is 30.5 Å². The van der Waals surface area contributed by atoms with Gasteiger partial charge in [-0.1, -0.05) is 28.9 Å². The van der Waals surface area contributed by atoms with Crippen LogP contribution in [0.1, 0.15) is 38.7 Å². The normalized spacial score (nSPS) is 24.1. The number of oxime groups is 1. The van der Waals surface area contributed by atoms with Crippen LogP contribution in [0.25, 0.3) is 0 Å². The number of benzene rings is 1. The second-order valence-corrected chi connectivity index (χ2v) is 6.69. The molecule has 0 saturated carbocycles. The van der Waals surface area contributed by atoms with Crippen LogP contribution in [0, 0.1) is 5.92 Å². The molecule has 2 rings (SSSR count). The molecule has 1 fully saturated rings. The van der Waals surface area contributed by atoms with Crippen LogP contribution in [0.2, 0.25) is 5.02 Å². The molecule has 0 aromatic heterocycles. The number of unbranched alkanes of at least 4 members (excludes halogenated alkanes) is 1. The zero-order chi connectivity index (χ0) is 18.3. The molecule has 25 heavy (non-hydrogen) atoms. The molecule has 6 nitrogen and oxygen atoms in total. The van der Waals surface area contributed by atoms with Gasteiger partial charge in [0.2, 0.25) is 0 Å². The van der Waals surface area contributed by atoms with Crippen molar-refractivity contribution in [3.8, 4) is 0 Å². The van der Waals surface area contributed by atoms with Gasteiger partial charge in [0.25, 0.3) is 5.79 Å². The Labute approximate surface area is 152 Å². The third-order valence-corrected chi connectivity index (χ3v) is 4.39. The van der Waals surface area contributed by atoms with E-state index in [4.69, 9.17) is 31.0 Å². The summed E-state index contributed by atoms with van der Waals surface area (Å²) >= 11 is 5.85. The molecule has 0 unspecified atom stereocenters. The van der Waals surface area contributed by atoms with E-state index in [1.807, 2.05) is 31.2 Å². The van der Waals surface area contributed by atoms with Crippen molar-refractivity contribution in [3.05, 3.63) is 34.9 Å². The van der Waals surface area contributed by atoms with Crippen molar-refractivity contribution < 1.29 is 24.2 Å². The fourth-order valence-electron chi connectivity index (χ4n) is 2.42. The van der Waals surface area contributed by atoms with Crippen LogP contribution < -0.4 is 0 Å². The molecule has 1 aromatic rings. The van der Waals surface area contributed by atoms with Crippen molar-refractivity contribution in [2.24, 2.45) is 11.1 Å². The number of carbonyl (C=O) groups is 1. The van der Waals surface area contributed by atoms with Gasteiger partial charge in [0, 0.05) is 17.9 Å². The molecule has 0 atom stereocenters. The van der Waals surface area contributed by atoms with Gasteiger partial charge >= 0.3 is 5.97 Å². The molecule has 1 aliphatic rings. The van der Waals surface area contributed by atoms with Crippen molar-refractivity contribution in [2.45, 2.75) is 38.9 Å². The molecule has 1 aliphatic heterocycles. The third-order valence-electron chi connectivity index (χ3n) is 4.14. The maximum absolute atomic E-state index is 11.0. The lowest BCUT2D eigenvalue weighted by atomic mass is 10.0. The van der Waals surface area contributed by atoms with E-state index in [-0.39, 0.29) is 5.92 Å². The second kappa shape index (κ2) is 9.17. The van der Waals surface area contributed by atoms with Gasteiger partial charge in [-0.05, 0) is 43.9 Å². The van der Waals surface area contributed by atoms with Gasteiger partial charge in [0.05, 0.1) is 18.9 Å². The highest BCUT2D eigenvalue weighted by atomic mass is 35.5. The molecule has 0 amide bonds. The molecule has 1 aromatic carbocycles. The molecule has 1 heterocycles. The summed E-state index contributed by atoms with van der Waals surface area (Å²) in [6, 6.07) is 7.44. The lowest BCUT2D eigenvalue weighted by molar-refractivity contribution is -0.271. The van der Waals surface area contributed by atoms with Crippen LogP contribution in [-0.4, -0.2) is 42.4 Å². The SMILES string of the molecule is CC(=NOCCCCC1COC(C)(C(=O)O)OC1)c1ccc(Cl)cc1. The Morgan fingerprint density at radius 2 is 1.96 bits per heavy atom. The number of rotatable bonds is 8. The average Bonchev–Trinajstić information content (AvgIpc) is 2.60. The molecule has 0 radical (unpaired) electrons. The molecular weight excluding hydrogens is 346 g/mol. The monoisotopic (exact) mass is 369 g/mol. The third kappa shape index (κ3) is 5.99. The number of hydrogen-bond donors (Lipinski definition) is 1. The average molecular weight is 370 g/mol. The van der Waals surface area contributed by atoms with Crippen LogP contribution in [0.5, 0.6) is 0 Å². The van der Waals surface area contributed by atoms with Gasteiger partial charge in [-0.2, -0.15) is 0 Å². The van der Waals surface area contributed by atoms with E-state index in [1.54, 1.807) is 0 Å². The summed E-state index contributed by atoms with van der Waals surface area (Å²) in [4.78, 5) is 16.4. The standard InChI is InChI=1S/C18H24ClNO5/c1-13(15-6-8-16(19)9-7-15)20-25-10-4-3-5-14-11-23-18(2,17(21)22)24-12-14/h6-9,14H,3-5,10-12H2,1-2H3,(H,21,22). The predicted molar refractivity (Wildman–Crippen MR) is 94.9 cm³/mol. The minimum Gasteiger partial charge on any atom is -0.477 e. The number of hydrogen-bond acceptors (Lipinski definition) is 5. The number of ether oxygens (including phenoxy) is 2. The zero-order valence-corrected chi connectivity index (χ0v) is 15.3. The maximum Gasteiger partial charge on any atom is 0.364 e. The van der Waals surface area contributed by atoms with Gasteiger partial charge in [-0.25, -0.2) is 4.79 Å². The topological polar surface area (TPSA) is 77.4 Å². The number of carboxylic acid groups (broad SMARTS) is 1. The lowest BCUT2D eigenvalue weighted by Gasteiger charge is -2.34. The Hall–Kier alpha value is -1.63. The van der Waals surface area contributed by atoms with E-state index >= 15 is 0 Å². The first-order valence-electron chi connectivity index (χ1n) is 8.34. The van der Waals surface area contributed by atoms with Crippen LogP contribution in [0.3, 0.4) is 0 Å². The van der Waals surface area contributed by atoms with E-state index in [2.05, 4.69) is 5.16 Å². The Morgan fingerprint density at radius 3 is 2.56 bits per heavy atom. The van der Waals surface area contributed by atoms with Gasteiger partial charge in [0.15, 0.2) is 0 Å². The molecule has 7 heteroatoms. The summed E-state index contributed by atoms with van der Waals surface area (Å²) in [5.74, 6) is -2.38. The van der Waals surface area contributed by atoms with Crippen LogP contribution in [-0.2, 0) is 19.1 Å². The van der Waals surface area contributed by atoms with Crippen molar-refractivity contribution in [1.82, 2.24) is 0 Å². The summed E-state index contributed by atoms with van der Waals surface area (Å²) in [6.07, 6.45) is 2.71. The second-order valence-electron chi connectivity index (χ2n) is 6.25. The van der Waals surface area contributed by atoms with Crippen LogP contribution >= 0.6 is 11.6 Å². The minimum atomic E-state index is -1.51. The summed E-state index contributed by atoms with van der Waals surface area (Å²) < 4.78 is 10.6. The fraction of sp³-hybridized carbons (Fsp3) is 0.556. The Bertz CT molecular complexity index is 594. The molecule has 0 aliphatic carbocycles. The molecule has 1 N–H and O–H groups in total. The van der Waals surface area contributed by atoms with Crippen LogP contribution in [0.15, 0.2) is 29.4 Å². The molecule has 1 saturated heterocycles. The van der Waals surface area contributed by atoms with Gasteiger partial charge in [-0.3, -0.25) is 0 Å². The van der Waals surface area contributed by atoms with Crippen molar-refractivity contribution in [1.29, 1.82) is 0 Å². The van der Waals surface area contributed by atoms with E-state index < -0.39 is 11.8 Å². The number of nitrogens with zero attached hydrogens (tertiary/aromatic N) is 1. The largest absolute Gasteiger partial charge is 0.477 e. The molecule has 138 valence electrons. The highest BCUT2D eigenvalue weighted by Gasteiger charge is 2.40. The highest BCUT2D eigenvalue weighted by molar-refractivity contribution is 6.30. The lowest BCUT2D eigenvalue weighted by Crippen LogP contribution is -2.47. The maximum atomic E-state index is 11.0. The van der Waals surface area contributed by atoms with E-state index in [9.17, 15) is 4.79 Å². The number of aliphatic carboxylic acids is 1. The first-order valence-corrected chi connectivity index (χ1v) is 8.72. The Balaban J connectivity index is 1.60. The smallest absolute Gasteiger partial charge is 0.364 e. The Morgan fingerprint density at radius 1 is 1.32 bits per heavy atom. The van der Waals surface area contributed by atoms with Crippen LogP contribution in [0.4, 0.5) is 0 Å². The van der Waals surface area contributed by atoms with Gasteiger partial charge in [0.1, 0.15) is 6.61 Å². The molecule has 0 bridgehead atoms. The molecule has 0 spiro atoms. The summed E-state index contributed by atoms with van der Waals surface area (Å²) in [5.41, 5.74) is 1.78. The van der Waals surface area contributed by atoms with Gasteiger partial charge in [-0.15, -0.1) is 0 Å². The van der Waals surface area contributed by atoms with Gasteiger partial charge < -0.3 is 19.4 Å². The molecular formula is C18H24ClNO5. The van der Waals surface area contributed by atoms with Crippen molar-refractivity contribution in [2.75, 3.05) is 19.8 Å². The van der Waals surface area contributed by atoms with E-state index in [0.29, 0.717) is 24.8 Å². The highest BCUT2D eigenvalue weighted by Crippen LogP contribution is 2.24. The summed E-state index contributed by atoms with van der Waals surface area (Å²) in [6.45, 7) is 4.65. The minimum absolute atomic E-state index is 0.215. The zero-order valence-electron chi connectivity index (χ0n) is 14.5. The number of carboxylic acids is 1. The van der Waals surface area contributed by atoms with Crippen molar-refractivity contribution in [3.63, 3.8) is 0 Å². The quantitative estimate of drug-likeness (QED) is 0.429. The first-order chi connectivity index (χ1) is 11.9. The summed E-state index contributed by atoms with van der Waals surface area (Å²) in [5, 5.41) is 13.8.